The van der Waals surface area contributed by atoms with Gasteiger partial charge in [-0.1, -0.05) is 19.1 Å². The minimum absolute atomic E-state index is 0.00860. The lowest BCUT2D eigenvalue weighted by atomic mass is 9.90. The Hall–Kier alpha value is -2.48. The predicted molar refractivity (Wildman–Crippen MR) is 117 cm³/mol. The molecule has 1 aromatic carbocycles. The molecule has 166 valence electrons. The highest BCUT2D eigenvalue weighted by Gasteiger charge is 2.37. The summed E-state index contributed by atoms with van der Waals surface area (Å²) in [4.78, 5) is 21.7. The lowest BCUT2D eigenvalue weighted by Gasteiger charge is -2.34. The zero-order valence-corrected chi connectivity index (χ0v) is 18.7. The highest BCUT2D eigenvalue weighted by Crippen LogP contribution is 2.34. The third-order valence-electron chi connectivity index (χ3n) is 6.54. The number of hydrogen-bond donors (Lipinski definition) is 0. The molecular formula is C23H28FN3O3S. The number of halogens is 1. The monoisotopic (exact) mass is 445 g/mol. The van der Waals surface area contributed by atoms with Crippen LogP contribution in [0.25, 0.3) is 0 Å². The van der Waals surface area contributed by atoms with Crippen molar-refractivity contribution in [1.29, 1.82) is 0 Å². The van der Waals surface area contributed by atoms with Gasteiger partial charge in [0.2, 0.25) is 5.91 Å². The van der Waals surface area contributed by atoms with E-state index in [0.717, 1.165) is 30.8 Å². The van der Waals surface area contributed by atoms with E-state index >= 15 is 0 Å². The first-order valence-electron chi connectivity index (χ1n) is 10.7. The normalized spacial score (nSPS) is 22.7. The summed E-state index contributed by atoms with van der Waals surface area (Å²) in [6.45, 7) is 4.99. The van der Waals surface area contributed by atoms with Crippen LogP contribution in [0.5, 0.6) is 0 Å². The molecule has 2 aromatic rings. The largest absolute Gasteiger partial charge is 0.357 e. The molecule has 0 bridgehead atoms. The number of amides is 1. The number of sulfone groups is 1. The summed E-state index contributed by atoms with van der Waals surface area (Å²) in [6.07, 6.45) is 4.06. The minimum Gasteiger partial charge on any atom is -0.357 e. The standard InChI is InChI=1S/C23H28FN3O3S/c1-16-14-27(15-21(16)17-3-5-19(24)6-4-17)23(28)18-9-11-26(12-10-18)22-8-7-20(13-25-22)31(2,29)30/h3-8,13,16,18,21H,9-12,14-15H2,1-2H3/t16-,21-/m1/s1. The highest BCUT2D eigenvalue weighted by molar-refractivity contribution is 7.90. The van der Waals surface area contributed by atoms with E-state index in [1.165, 1.54) is 24.6 Å². The van der Waals surface area contributed by atoms with Gasteiger partial charge in [-0.15, -0.1) is 0 Å². The number of anilines is 1. The van der Waals surface area contributed by atoms with Crippen LogP contribution in [0, 0.1) is 17.7 Å². The number of hydrogen-bond acceptors (Lipinski definition) is 5. The summed E-state index contributed by atoms with van der Waals surface area (Å²) in [5.41, 5.74) is 1.09. The molecule has 1 aromatic heterocycles. The Morgan fingerprint density at radius 2 is 1.74 bits per heavy atom. The van der Waals surface area contributed by atoms with E-state index in [-0.39, 0.29) is 28.5 Å². The smallest absolute Gasteiger partial charge is 0.225 e. The Kier molecular flexibility index (Phi) is 6.01. The Bertz CT molecular complexity index is 1030. The molecule has 0 N–H and O–H groups in total. The molecule has 4 rings (SSSR count). The predicted octanol–water partition coefficient (Wildman–Crippen LogP) is 3.10. The first-order valence-corrected chi connectivity index (χ1v) is 12.6. The van der Waals surface area contributed by atoms with Crippen molar-refractivity contribution in [3.8, 4) is 0 Å². The van der Waals surface area contributed by atoms with Crippen molar-refractivity contribution in [2.24, 2.45) is 11.8 Å². The summed E-state index contributed by atoms with van der Waals surface area (Å²) in [5.74, 6) is 1.27. The topological polar surface area (TPSA) is 70.6 Å². The van der Waals surface area contributed by atoms with E-state index in [9.17, 15) is 17.6 Å². The van der Waals surface area contributed by atoms with Crippen LogP contribution >= 0.6 is 0 Å². The van der Waals surface area contributed by atoms with Gasteiger partial charge in [0.05, 0.1) is 4.90 Å². The van der Waals surface area contributed by atoms with Crippen LogP contribution in [0.15, 0.2) is 47.5 Å². The molecule has 2 atom stereocenters. The molecule has 31 heavy (non-hydrogen) atoms. The summed E-state index contributed by atoms with van der Waals surface area (Å²) in [5, 5.41) is 0. The van der Waals surface area contributed by atoms with E-state index in [2.05, 4.69) is 16.8 Å². The summed E-state index contributed by atoms with van der Waals surface area (Å²) < 4.78 is 36.5. The first kappa shape index (κ1) is 21.7. The maximum atomic E-state index is 13.2. The maximum Gasteiger partial charge on any atom is 0.225 e. The Morgan fingerprint density at radius 3 is 2.32 bits per heavy atom. The first-order chi connectivity index (χ1) is 14.7. The Labute approximate surface area is 183 Å². The molecule has 2 aliphatic heterocycles. The van der Waals surface area contributed by atoms with Crippen LogP contribution in [-0.4, -0.2) is 56.6 Å². The van der Waals surface area contributed by atoms with Gasteiger partial charge in [0.25, 0.3) is 0 Å². The average Bonchev–Trinajstić information content (AvgIpc) is 3.15. The Balaban J connectivity index is 1.34. The zero-order chi connectivity index (χ0) is 22.2. The fraction of sp³-hybridized carbons (Fsp3) is 0.478. The number of carbonyl (C=O) groups is 1. The van der Waals surface area contributed by atoms with Gasteiger partial charge in [0, 0.05) is 50.5 Å². The number of nitrogens with zero attached hydrogens (tertiary/aromatic N) is 3. The molecule has 2 aliphatic rings. The van der Waals surface area contributed by atoms with Crippen molar-refractivity contribution in [3.05, 3.63) is 54.0 Å². The van der Waals surface area contributed by atoms with E-state index in [4.69, 9.17) is 0 Å². The fourth-order valence-electron chi connectivity index (χ4n) is 4.68. The molecule has 6 nitrogen and oxygen atoms in total. The van der Waals surface area contributed by atoms with Crippen molar-refractivity contribution in [2.45, 2.75) is 30.6 Å². The third kappa shape index (κ3) is 4.74. The van der Waals surface area contributed by atoms with Crippen LogP contribution < -0.4 is 4.90 Å². The van der Waals surface area contributed by atoms with Gasteiger partial charge >= 0.3 is 0 Å². The number of benzene rings is 1. The van der Waals surface area contributed by atoms with Crippen LogP contribution in [0.3, 0.4) is 0 Å². The lowest BCUT2D eigenvalue weighted by molar-refractivity contribution is -0.135. The molecule has 0 aliphatic carbocycles. The van der Waals surface area contributed by atoms with Crippen molar-refractivity contribution in [1.82, 2.24) is 9.88 Å². The van der Waals surface area contributed by atoms with Gasteiger partial charge in [-0.05, 0) is 48.6 Å². The van der Waals surface area contributed by atoms with Crippen LogP contribution in [-0.2, 0) is 14.6 Å². The molecule has 8 heteroatoms. The second kappa shape index (κ2) is 8.57. The zero-order valence-electron chi connectivity index (χ0n) is 17.9. The minimum atomic E-state index is -3.26. The van der Waals surface area contributed by atoms with Crippen molar-refractivity contribution < 1.29 is 17.6 Å². The number of likely N-dealkylation sites (tertiary alicyclic amines) is 1. The van der Waals surface area contributed by atoms with E-state index in [1.807, 2.05) is 17.0 Å². The molecule has 0 unspecified atom stereocenters. The summed E-state index contributed by atoms with van der Waals surface area (Å²) in [7, 11) is -3.26. The fourth-order valence-corrected chi connectivity index (χ4v) is 5.24. The number of piperidine rings is 1. The lowest BCUT2D eigenvalue weighted by Crippen LogP contribution is -2.42. The molecule has 0 radical (unpaired) electrons. The van der Waals surface area contributed by atoms with Gasteiger partial charge < -0.3 is 9.80 Å². The highest BCUT2D eigenvalue weighted by atomic mass is 32.2. The molecule has 0 spiro atoms. The quantitative estimate of drug-likeness (QED) is 0.723. The molecule has 2 fully saturated rings. The molecule has 1 amide bonds. The van der Waals surface area contributed by atoms with Crippen molar-refractivity contribution >= 4 is 21.6 Å². The van der Waals surface area contributed by atoms with Crippen LogP contribution in [0.1, 0.15) is 31.2 Å². The van der Waals surface area contributed by atoms with Crippen LogP contribution in [0.4, 0.5) is 10.2 Å². The van der Waals surface area contributed by atoms with Crippen molar-refractivity contribution in [3.63, 3.8) is 0 Å². The number of rotatable bonds is 4. The van der Waals surface area contributed by atoms with Gasteiger partial charge in [-0.25, -0.2) is 17.8 Å². The van der Waals surface area contributed by atoms with Gasteiger partial charge in [-0.3, -0.25) is 4.79 Å². The maximum absolute atomic E-state index is 13.2. The van der Waals surface area contributed by atoms with Gasteiger partial charge in [0.15, 0.2) is 9.84 Å². The van der Waals surface area contributed by atoms with Gasteiger partial charge in [-0.2, -0.15) is 0 Å². The van der Waals surface area contributed by atoms with Crippen molar-refractivity contribution in [2.75, 3.05) is 37.3 Å². The van der Waals surface area contributed by atoms with E-state index < -0.39 is 9.84 Å². The average molecular weight is 446 g/mol. The Morgan fingerprint density at radius 1 is 1.06 bits per heavy atom. The second-order valence-electron chi connectivity index (χ2n) is 8.76. The van der Waals surface area contributed by atoms with E-state index in [1.54, 1.807) is 12.1 Å². The molecule has 0 saturated carbocycles. The van der Waals surface area contributed by atoms with E-state index in [0.29, 0.717) is 25.6 Å². The second-order valence-corrected chi connectivity index (χ2v) is 10.8. The summed E-state index contributed by atoms with van der Waals surface area (Å²) in [6, 6.07) is 9.93. The van der Waals surface area contributed by atoms with Crippen LogP contribution in [0.2, 0.25) is 0 Å². The molecule has 3 heterocycles. The number of carbonyl (C=O) groups excluding carboxylic acids is 1. The SMILES string of the molecule is C[C@@H]1CN(C(=O)C2CCN(c3ccc(S(C)(=O)=O)cn3)CC2)C[C@H]1c1ccc(F)cc1. The molecule has 2 saturated heterocycles. The third-order valence-corrected chi connectivity index (χ3v) is 7.64. The summed E-state index contributed by atoms with van der Waals surface area (Å²) >= 11 is 0. The van der Waals surface area contributed by atoms with Gasteiger partial charge in [0.1, 0.15) is 11.6 Å². The molecular weight excluding hydrogens is 417 g/mol. The number of pyridine rings is 1. The number of aromatic nitrogens is 1.